The van der Waals surface area contributed by atoms with Crippen LogP contribution in [0.25, 0.3) is 0 Å². The molecule has 0 saturated heterocycles. The first-order valence-electron chi connectivity index (χ1n) is 3.68. The highest BCUT2D eigenvalue weighted by atomic mass is 79.9. The number of fused-ring (bicyclic) bond motifs is 1. The van der Waals surface area contributed by atoms with Gasteiger partial charge in [0.15, 0.2) is 0 Å². The predicted octanol–water partition coefficient (Wildman–Crippen LogP) is 2.91. The second kappa shape index (κ2) is 2.66. The van der Waals surface area contributed by atoms with E-state index in [1.807, 2.05) is 13.0 Å². The van der Waals surface area contributed by atoms with Gasteiger partial charge in [-0.3, -0.25) is 4.99 Å². The summed E-state index contributed by atoms with van der Waals surface area (Å²) in [5, 5.41) is 0. The average Bonchev–Trinajstić information content (AvgIpc) is 2.31. The smallest absolute Gasteiger partial charge is 0.133 e. The van der Waals surface area contributed by atoms with Crippen molar-refractivity contribution in [1.82, 2.24) is 0 Å². The van der Waals surface area contributed by atoms with Crippen LogP contribution in [0.3, 0.4) is 0 Å². The molecule has 1 aliphatic heterocycles. The second-order valence-electron chi connectivity index (χ2n) is 2.82. The maximum atomic E-state index is 13.3. The number of nitrogens with zero attached hydrogens (tertiary/aromatic N) is 1. The molecule has 3 heteroatoms. The third kappa shape index (κ3) is 1.08. The van der Waals surface area contributed by atoms with Crippen molar-refractivity contribution in [2.45, 2.75) is 13.5 Å². The molecule has 12 heavy (non-hydrogen) atoms. The van der Waals surface area contributed by atoms with Crippen LogP contribution in [-0.4, -0.2) is 5.71 Å². The van der Waals surface area contributed by atoms with Gasteiger partial charge in [-0.1, -0.05) is 15.9 Å². The van der Waals surface area contributed by atoms with E-state index in [4.69, 9.17) is 0 Å². The number of hydrogen-bond acceptors (Lipinski definition) is 1. The van der Waals surface area contributed by atoms with Crippen LogP contribution >= 0.6 is 15.9 Å². The summed E-state index contributed by atoms with van der Waals surface area (Å²) in [4.78, 5) is 4.16. The molecular formula is C9H7BrFN. The van der Waals surface area contributed by atoms with E-state index < -0.39 is 0 Å². The summed E-state index contributed by atoms with van der Waals surface area (Å²) in [5.74, 6) is -0.182. The maximum absolute atomic E-state index is 13.3. The Morgan fingerprint density at radius 2 is 2.25 bits per heavy atom. The molecule has 0 atom stereocenters. The zero-order chi connectivity index (χ0) is 8.72. The van der Waals surface area contributed by atoms with E-state index >= 15 is 0 Å². The fourth-order valence-electron chi connectivity index (χ4n) is 1.44. The van der Waals surface area contributed by atoms with Crippen molar-refractivity contribution >= 4 is 21.6 Å². The monoisotopic (exact) mass is 227 g/mol. The SMILES string of the molecule is CC1=NCc2cc(Br)cc(F)c21. The number of hydrogen-bond donors (Lipinski definition) is 0. The van der Waals surface area contributed by atoms with Crippen molar-refractivity contribution in [1.29, 1.82) is 0 Å². The van der Waals surface area contributed by atoms with Crippen molar-refractivity contribution in [3.63, 3.8) is 0 Å². The molecule has 1 heterocycles. The standard InChI is InChI=1S/C9H7BrFN/c1-5-9-6(4-12-5)2-7(10)3-8(9)11/h2-3H,4H2,1H3. The highest BCUT2D eigenvalue weighted by molar-refractivity contribution is 9.10. The first-order valence-corrected chi connectivity index (χ1v) is 4.47. The zero-order valence-electron chi connectivity index (χ0n) is 6.56. The summed E-state index contributed by atoms with van der Waals surface area (Å²) in [6.07, 6.45) is 0. The molecule has 0 aliphatic carbocycles. The molecule has 1 aliphatic rings. The van der Waals surface area contributed by atoms with Gasteiger partial charge in [-0.05, 0) is 24.6 Å². The minimum absolute atomic E-state index is 0.182. The minimum atomic E-state index is -0.182. The Morgan fingerprint density at radius 1 is 1.50 bits per heavy atom. The number of aliphatic imine (C=N–C) groups is 1. The third-order valence-corrected chi connectivity index (χ3v) is 2.44. The lowest BCUT2D eigenvalue weighted by atomic mass is 10.1. The van der Waals surface area contributed by atoms with Crippen molar-refractivity contribution in [3.8, 4) is 0 Å². The van der Waals surface area contributed by atoms with Gasteiger partial charge >= 0.3 is 0 Å². The Morgan fingerprint density at radius 3 is 3.00 bits per heavy atom. The second-order valence-corrected chi connectivity index (χ2v) is 3.74. The van der Waals surface area contributed by atoms with Crippen LogP contribution in [-0.2, 0) is 6.54 Å². The van der Waals surface area contributed by atoms with Gasteiger partial charge in [0, 0.05) is 15.7 Å². The van der Waals surface area contributed by atoms with Crippen LogP contribution in [0.4, 0.5) is 4.39 Å². The molecule has 0 radical (unpaired) electrons. The van der Waals surface area contributed by atoms with Crippen LogP contribution in [0, 0.1) is 5.82 Å². The predicted molar refractivity (Wildman–Crippen MR) is 50.0 cm³/mol. The first kappa shape index (κ1) is 7.92. The van der Waals surface area contributed by atoms with Crippen LogP contribution in [0.5, 0.6) is 0 Å². The minimum Gasteiger partial charge on any atom is -0.285 e. The van der Waals surface area contributed by atoms with Gasteiger partial charge in [-0.2, -0.15) is 0 Å². The van der Waals surface area contributed by atoms with Gasteiger partial charge in [-0.25, -0.2) is 4.39 Å². The molecule has 0 saturated carbocycles. The Hall–Kier alpha value is -0.700. The highest BCUT2D eigenvalue weighted by Gasteiger charge is 2.17. The van der Waals surface area contributed by atoms with Gasteiger partial charge in [0.25, 0.3) is 0 Å². The van der Waals surface area contributed by atoms with Gasteiger partial charge < -0.3 is 0 Å². The Bertz CT molecular complexity index is 371. The van der Waals surface area contributed by atoms with Gasteiger partial charge in [0.1, 0.15) is 5.82 Å². The molecule has 0 amide bonds. The molecule has 1 aromatic carbocycles. The number of benzene rings is 1. The van der Waals surface area contributed by atoms with Crippen LogP contribution in [0.1, 0.15) is 18.1 Å². The molecule has 0 aromatic heterocycles. The Labute approximate surface area is 78.4 Å². The van der Waals surface area contributed by atoms with E-state index in [-0.39, 0.29) is 5.82 Å². The number of halogens is 2. The van der Waals surface area contributed by atoms with Gasteiger partial charge in [0.2, 0.25) is 0 Å². The lowest BCUT2D eigenvalue weighted by molar-refractivity contribution is 0.623. The molecule has 1 nitrogen and oxygen atoms in total. The third-order valence-electron chi connectivity index (χ3n) is 1.99. The maximum Gasteiger partial charge on any atom is 0.133 e. The van der Waals surface area contributed by atoms with E-state index in [9.17, 15) is 4.39 Å². The Kier molecular flexibility index (Phi) is 1.76. The summed E-state index contributed by atoms with van der Waals surface area (Å²) < 4.78 is 14.1. The summed E-state index contributed by atoms with van der Waals surface area (Å²) in [6, 6.07) is 3.39. The van der Waals surface area contributed by atoms with Crippen molar-refractivity contribution in [3.05, 3.63) is 33.5 Å². The zero-order valence-corrected chi connectivity index (χ0v) is 8.15. The van der Waals surface area contributed by atoms with E-state index in [1.165, 1.54) is 6.07 Å². The normalized spacial score (nSPS) is 14.4. The first-order chi connectivity index (χ1) is 5.68. The topological polar surface area (TPSA) is 12.4 Å². The molecule has 2 rings (SSSR count). The summed E-state index contributed by atoms with van der Waals surface area (Å²) in [6.45, 7) is 2.44. The van der Waals surface area contributed by atoms with E-state index in [0.29, 0.717) is 12.1 Å². The molecule has 62 valence electrons. The van der Waals surface area contributed by atoms with Crippen molar-refractivity contribution < 1.29 is 4.39 Å². The van der Waals surface area contributed by atoms with Crippen molar-refractivity contribution in [2.75, 3.05) is 0 Å². The largest absolute Gasteiger partial charge is 0.285 e. The van der Waals surface area contributed by atoms with Crippen molar-refractivity contribution in [2.24, 2.45) is 4.99 Å². The Balaban J connectivity index is 2.67. The molecule has 0 bridgehead atoms. The fourth-order valence-corrected chi connectivity index (χ4v) is 1.92. The van der Waals surface area contributed by atoms with Gasteiger partial charge in [0.05, 0.1) is 6.54 Å². The fraction of sp³-hybridized carbons (Fsp3) is 0.222. The number of rotatable bonds is 0. The van der Waals surface area contributed by atoms with Gasteiger partial charge in [-0.15, -0.1) is 0 Å². The van der Waals surface area contributed by atoms with Crippen LogP contribution < -0.4 is 0 Å². The molecule has 1 aromatic rings. The molecule has 0 unspecified atom stereocenters. The summed E-state index contributed by atoms with van der Waals surface area (Å²) >= 11 is 3.24. The molecule has 0 spiro atoms. The molecule has 0 fully saturated rings. The quantitative estimate of drug-likeness (QED) is 0.647. The van der Waals surface area contributed by atoms with Crippen LogP contribution in [0.2, 0.25) is 0 Å². The summed E-state index contributed by atoms with van der Waals surface area (Å²) in [5.41, 5.74) is 2.45. The highest BCUT2D eigenvalue weighted by Crippen LogP contribution is 2.25. The van der Waals surface area contributed by atoms with E-state index in [0.717, 1.165) is 15.7 Å². The molecule has 0 N–H and O–H groups in total. The lowest BCUT2D eigenvalue weighted by Gasteiger charge is -2.01. The average molecular weight is 228 g/mol. The molecular weight excluding hydrogens is 221 g/mol. The van der Waals surface area contributed by atoms with E-state index in [1.54, 1.807) is 0 Å². The van der Waals surface area contributed by atoms with Crippen LogP contribution in [0.15, 0.2) is 21.6 Å². The summed E-state index contributed by atoms with van der Waals surface area (Å²) in [7, 11) is 0. The van der Waals surface area contributed by atoms with E-state index in [2.05, 4.69) is 20.9 Å². The lowest BCUT2D eigenvalue weighted by Crippen LogP contribution is -1.96.